The van der Waals surface area contributed by atoms with E-state index in [1.807, 2.05) is 19.1 Å². The second-order valence-corrected chi connectivity index (χ2v) is 4.28. The van der Waals surface area contributed by atoms with Gasteiger partial charge in [-0.2, -0.15) is 0 Å². The Morgan fingerprint density at radius 2 is 1.80 bits per heavy atom. The number of hydrogen-bond donors (Lipinski definition) is 1. The van der Waals surface area contributed by atoms with Crippen LogP contribution in [0.2, 0.25) is 0 Å². The highest BCUT2D eigenvalue weighted by Gasteiger charge is 1.99. The first-order valence-corrected chi connectivity index (χ1v) is 6.94. The fourth-order valence-electron chi connectivity index (χ4n) is 1.92. The van der Waals surface area contributed by atoms with E-state index in [2.05, 4.69) is 36.2 Å². The maximum atomic E-state index is 5.49. The molecule has 0 amide bonds. The van der Waals surface area contributed by atoms with Gasteiger partial charge in [0.15, 0.2) is 0 Å². The number of rotatable bonds is 9. The molecule has 0 heterocycles. The number of halogens is 2. The van der Waals surface area contributed by atoms with Crippen molar-refractivity contribution in [1.82, 2.24) is 10.2 Å². The van der Waals surface area contributed by atoms with E-state index in [0.29, 0.717) is 0 Å². The SMILES string of the molecule is CCOc1cccc(CNCCN(CC)CC)c1.Cl.Cl. The number of hydrogen-bond acceptors (Lipinski definition) is 3. The van der Waals surface area contributed by atoms with Crippen molar-refractivity contribution in [2.45, 2.75) is 27.3 Å². The second-order valence-electron chi connectivity index (χ2n) is 4.28. The topological polar surface area (TPSA) is 24.5 Å². The molecule has 0 spiro atoms. The zero-order valence-corrected chi connectivity index (χ0v) is 14.4. The third-order valence-electron chi connectivity index (χ3n) is 3.04. The first kappa shape index (κ1) is 21.8. The Morgan fingerprint density at radius 3 is 2.40 bits per heavy atom. The molecule has 0 aliphatic heterocycles. The second kappa shape index (κ2) is 13.5. The molecule has 0 bridgehead atoms. The van der Waals surface area contributed by atoms with Crippen LogP contribution in [0.4, 0.5) is 0 Å². The molecule has 0 aromatic heterocycles. The zero-order valence-electron chi connectivity index (χ0n) is 12.7. The quantitative estimate of drug-likeness (QED) is 0.705. The fraction of sp³-hybridized carbons (Fsp3) is 0.600. The summed E-state index contributed by atoms with van der Waals surface area (Å²) >= 11 is 0. The molecule has 118 valence electrons. The van der Waals surface area contributed by atoms with Crippen molar-refractivity contribution in [1.29, 1.82) is 0 Å². The van der Waals surface area contributed by atoms with Crippen LogP contribution in [0.25, 0.3) is 0 Å². The minimum atomic E-state index is 0. The van der Waals surface area contributed by atoms with Gasteiger partial charge in [0.05, 0.1) is 6.61 Å². The molecule has 1 aromatic rings. The first-order valence-electron chi connectivity index (χ1n) is 6.94. The van der Waals surface area contributed by atoms with Crippen molar-refractivity contribution in [2.75, 3.05) is 32.8 Å². The Kier molecular flexibility index (Phi) is 14.7. The predicted molar refractivity (Wildman–Crippen MR) is 91.6 cm³/mol. The van der Waals surface area contributed by atoms with Crippen LogP contribution in [0.1, 0.15) is 26.3 Å². The van der Waals surface area contributed by atoms with Gasteiger partial charge in [0, 0.05) is 19.6 Å². The van der Waals surface area contributed by atoms with E-state index in [4.69, 9.17) is 4.74 Å². The van der Waals surface area contributed by atoms with Crippen molar-refractivity contribution in [3.8, 4) is 5.75 Å². The van der Waals surface area contributed by atoms with Gasteiger partial charge >= 0.3 is 0 Å². The van der Waals surface area contributed by atoms with E-state index in [0.717, 1.165) is 45.1 Å². The summed E-state index contributed by atoms with van der Waals surface area (Å²) in [6.07, 6.45) is 0. The van der Waals surface area contributed by atoms with E-state index < -0.39 is 0 Å². The molecule has 1 aromatic carbocycles. The Balaban J connectivity index is 0. The molecule has 20 heavy (non-hydrogen) atoms. The summed E-state index contributed by atoms with van der Waals surface area (Å²) in [5.74, 6) is 0.959. The van der Waals surface area contributed by atoms with Gasteiger partial charge in [-0.1, -0.05) is 26.0 Å². The molecule has 5 heteroatoms. The molecule has 0 unspecified atom stereocenters. The normalized spacial score (nSPS) is 9.80. The van der Waals surface area contributed by atoms with E-state index in [1.165, 1.54) is 5.56 Å². The fourth-order valence-corrected chi connectivity index (χ4v) is 1.92. The summed E-state index contributed by atoms with van der Waals surface area (Å²) in [6, 6.07) is 8.29. The molecule has 0 radical (unpaired) electrons. The van der Waals surface area contributed by atoms with Crippen LogP contribution in [0.3, 0.4) is 0 Å². The minimum absolute atomic E-state index is 0. The summed E-state index contributed by atoms with van der Waals surface area (Å²) in [4.78, 5) is 2.42. The first-order chi connectivity index (χ1) is 8.80. The lowest BCUT2D eigenvalue weighted by atomic mass is 10.2. The predicted octanol–water partition coefficient (Wildman–Crippen LogP) is 3.36. The van der Waals surface area contributed by atoms with Crippen molar-refractivity contribution in [3.63, 3.8) is 0 Å². The third kappa shape index (κ3) is 8.64. The smallest absolute Gasteiger partial charge is 0.119 e. The van der Waals surface area contributed by atoms with Crippen LogP contribution in [-0.2, 0) is 6.54 Å². The molecule has 0 aliphatic carbocycles. The lowest BCUT2D eigenvalue weighted by Gasteiger charge is -2.18. The Labute approximate surface area is 135 Å². The van der Waals surface area contributed by atoms with Gasteiger partial charge in [0.1, 0.15) is 5.75 Å². The van der Waals surface area contributed by atoms with Gasteiger partial charge in [0.2, 0.25) is 0 Å². The highest BCUT2D eigenvalue weighted by molar-refractivity contribution is 5.85. The molecule has 0 saturated carbocycles. The average molecular weight is 323 g/mol. The van der Waals surface area contributed by atoms with Gasteiger partial charge < -0.3 is 15.0 Å². The molecule has 0 atom stereocenters. The van der Waals surface area contributed by atoms with Crippen molar-refractivity contribution in [3.05, 3.63) is 29.8 Å². The Morgan fingerprint density at radius 1 is 1.10 bits per heavy atom. The summed E-state index contributed by atoms with van der Waals surface area (Å²) in [6.45, 7) is 12.4. The van der Waals surface area contributed by atoms with Gasteiger partial charge in [-0.3, -0.25) is 0 Å². The van der Waals surface area contributed by atoms with E-state index in [9.17, 15) is 0 Å². The molecule has 0 fully saturated rings. The van der Waals surface area contributed by atoms with Gasteiger partial charge in [-0.05, 0) is 37.7 Å². The van der Waals surface area contributed by atoms with Crippen molar-refractivity contribution < 1.29 is 4.74 Å². The third-order valence-corrected chi connectivity index (χ3v) is 3.04. The molecular weight excluding hydrogens is 295 g/mol. The maximum absolute atomic E-state index is 5.49. The zero-order chi connectivity index (χ0) is 13.2. The van der Waals surface area contributed by atoms with Gasteiger partial charge in [0.25, 0.3) is 0 Å². The van der Waals surface area contributed by atoms with Crippen LogP contribution in [0.5, 0.6) is 5.75 Å². The lowest BCUT2D eigenvalue weighted by Crippen LogP contribution is -2.31. The standard InChI is InChI=1S/C15H26N2O.2ClH/c1-4-17(5-2)11-10-16-13-14-8-7-9-15(12-14)18-6-3;;/h7-9,12,16H,4-6,10-11,13H2,1-3H3;2*1H. The number of benzene rings is 1. The van der Waals surface area contributed by atoms with E-state index in [1.54, 1.807) is 0 Å². The van der Waals surface area contributed by atoms with Gasteiger partial charge in [-0.15, -0.1) is 24.8 Å². The lowest BCUT2D eigenvalue weighted by molar-refractivity contribution is 0.302. The number of likely N-dealkylation sites (N-methyl/N-ethyl adjacent to an activating group) is 1. The van der Waals surface area contributed by atoms with Crippen molar-refractivity contribution in [2.24, 2.45) is 0 Å². The monoisotopic (exact) mass is 322 g/mol. The summed E-state index contributed by atoms with van der Waals surface area (Å²) < 4.78 is 5.49. The molecule has 0 aliphatic rings. The van der Waals surface area contributed by atoms with Gasteiger partial charge in [-0.25, -0.2) is 0 Å². The number of ether oxygens (including phenoxy) is 1. The van der Waals surface area contributed by atoms with E-state index >= 15 is 0 Å². The number of nitrogens with zero attached hydrogens (tertiary/aromatic N) is 1. The minimum Gasteiger partial charge on any atom is -0.494 e. The Hall–Kier alpha value is -0.480. The average Bonchev–Trinajstić information content (AvgIpc) is 2.40. The molecular formula is C15H28Cl2N2O. The summed E-state index contributed by atoms with van der Waals surface area (Å²) in [5, 5.41) is 3.47. The molecule has 1 rings (SSSR count). The summed E-state index contributed by atoms with van der Waals surface area (Å²) in [5.41, 5.74) is 1.28. The van der Waals surface area contributed by atoms with Crippen LogP contribution in [0, 0.1) is 0 Å². The van der Waals surface area contributed by atoms with Crippen LogP contribution < -0.4 is 10.1 Å². The number of nitrogens with one attached hydrogen (secondary N) is 1. The van der Waals surface area contributed by atoms with Crippen LogP contribution in [-0.4, -0.2) is 37.7 Å². The summed E-state index contributed by atoms with van der Waals surface area (Å²) in [7, 11) is 0. The Bertz CT molecular complexity index is 333. The molecule has 0 saturated heterocycles. The van der Waals surface area contributed by atoms with E-state index in [-0.39, 0.29) is 24.8 Å². The highest BCUT2D eigenvalue weighted by Crippen LogP contribution is 2.12. The molecule has 3 nitrogen and oxygen atoms in total. The van der Waals surface area contributed by atoms with Crippen LogP contribution in [0.15, 0.2) is 24.3 Å². The van der Waals surface area contributed by atoms with Crippen molar-refractivity contribution >= 4 is 24.8 Å². The highest BCUT2D eigenvalue weighted by atomic mass is 35.5. The largest absolute Gasteiger partial charge is 0.494 e. The molecule has 1 N–H and O–H groups in total. The van der Waals surface area contributed by atoms with Crippen LogP contribution >= 0.6 is 24.8 Å². The maximum Gasteiger partial charge on any atom is 0.119 e.